The van der Waals surface area contributed by atoms with Gasteiger partial charge in [0, 0.05) is 11.6 Å². The first-order valence-electron chi connectivity index (χ1n) is 5.35. The summed E-state index contributed by atoms with van der Waals surface area (Å²) < 4.78 is 24.6. The number of halogens is 2. The van der Waals surface area contributed by atoms with Crippen LogP contribution in [0.1, 0.15) is 37.5 Å². The third kappa shape index (κ3) is 3.25. The summed E-state index contributed by atoms with van der Waals surface area (Å²) in [6.45, 7) is 4.56. The number of aliphatic hydroxyl groups is 1. The van der Waals surface area contributed by atoms with E-state index >= 15 is 0 Å². The van der Waals surface area contributed by atoms with E-state index in [1.807, 2.05) is 13.8 Å². The van der Waals surface area contributed by atoms with Gasteiger partial charge in [0.25, 0.3) is 6.43 Å². The van der Waals surface area contributed by atoms with Crippen LogP contribution >= 0.6 is 0 Å². The Hall–Kier alpha value is -1.00. The van der Waals surface area contributed by atoms with Crippen LogP contribution in [0.5, 0.6) is 0 Å². The quantitative estimate of drug-likeness (QED) is 0.813. The maximum atomic E-state index is 12.3. The van der Waals surface area contributed by atoms with Crippen LogP contribution in [0.15, 0.2) is 24.3 Å². The van der Waals surface area contributed by atoms with Gasteiger partial charge in [0.1, 0.15) is 0 Å². The Kier molecular flexibility index (Phi) is 4.83. The lowest BCUT2D eigenvalue weighted by Crippen LogP contribution is -2.31. The van der Waals surface area contributed by atoms with Gasteiger partial charge in [0.15, 0.2) is 0 Å². The Morgan fingerprint density at radius 3 is 2.12 bits per heavy atom. The molecule has 0 saturated carbocycles. The highest BCUT2D eigenvalue weighted by atomic mass is 19.3. The molecule has 90 valence electrons. The van der Waals surface area contributed by atoms with Gasteiger partial charge < -0.3 is 10.4 Å². The van der Waals surface area contributed by atoms with Crippen LogP contribution < -0.4 is 5.32 Å². The predicted molar refractivity (Wildman–Crippen MR) is 59.5 cm³/mol. The van der Waals surface area contributed by atoms with Gasteiger partial charge in [0.2, 0.25) is 0 Å². The van der Waals surface area contributed by atoms with E-state index < -0.39 is 12.5 Å². The number of likely N-dealkylation sites (N-methyl/N-ethyl adjacent to an activating group) is 1. The molecule has 0 aromatic heterocycles. The van der Waals surface area contributed by atoms with Crippen molar-refractivity contribution in [2.75, 3.05) is 6.54 Å². The second-order valence-corrected chi connectivity index (χ2v) is 3.76. The van der Waals surface area contributed by atoms with E-state index in [0.29, 0.717) is 5.56 Å². The molecule has 2 N–H and O–H groups in total. The third-order valence-electron chi connectivity index (χ3n) is 2.53. The maximum Gasteiger partial charge on any atom is 0.263 e. The molecule has 1 aromatic carbocycles. The average molecular weight is 229 g/mol. The number of hydrogen-bond acceptors (Lipinski definition) is 2. The lowest BCUT2D eigenvalue weighted by molar-refractivity contribution is 0.136. The maximum absolute atomic E-state index is 12.3. The summed E-state index contributed by atoms with van der Waals surface area (Å²) in [5.41, 5.74) is 0.630. The Labute approximate surface area is 94.3 Å². The standard InChI is InChI=1S/C12H17F2NO/c1-3-15-8(2)11(16)9-4-6-10(7-5-9)12(13)14/h4-8,11-12,15-16H,3H2,1-2H3. The SMILES string of the molecule is CCNC(C)C(O)c1ccc(C(F)F)cc1. The minimum absolute atomic E-state index is 0.0212. The highest BCUT2D eigenvalue weighted by molar-refractivity contribution is 5.25. The molecule has 0 fully saturated rings. The van der Waals surface area contributed by atoms with E-state index in [-0.39, 0.29) is 11.6 Å². The summed E-state index contributed by atoms with van der Waals surface area (Å²) in [7, 11) is 0. The molecule has 0 radical (unpaired) electrons. The second kappa shape index (κ2) is 5.92. The normalized spacial score (nSPS) is 15.1. The van der Waals surface area contributed by atoms with Crippen LogP contribution in [-0.2, 0) is 0 Å². The molecule has 0 aliphatic rings. The van der Waals surface area contributed by atoms with Gasteiger partial charge in [-0.3, -0.25) is 0 Å². The first kappa shape index (κ1) is 13.1. The van der Waals surface area contributed by atoms with Crippen molar-refractivity contribution in [3.63, 3.8) is 0 Å². The molecular weight excluding hydrogens is 212 g/mol. The van der Waals surface area contributed by atoms with Crippen molar-refractivity contribution in [3.8, 4) is 0 Å². The first-order valence-corrected chi connectivity index (χ1v) is 5.35. The topological polar surface area (TPSA) is 32.3 Å². The molecule has 0 saturated heterocycles. The van der Waals surface area contributed by atoms with E-state index in [1.54, 1.807) is 12.1 Å². The van der Waals surface area contributed by atoms with Crippen molar-refractivity contribution >= 4 is 0 Å². The van der Waals surface area contributed by atoms with Crippen molar-refractivity contribution < 1.29 is 13.9 Å². The third-order valence-corrected chi connectivity index (χ3v) is 2.53. The van der Waals surface area contributed by atoms with Gasteiger partial charge in [-0.2, -0.15) is 0 Å². The van der Waals surface area contributed by atoms with Gasteiger partial charge >= 0.3 is 0 Å². The van der Waals surface area contributed by atoms with Crippen LogP contribution in [0.4, 0.5) is 8.78 Å². The molecule has 0 heterocycles. The minimum Gasteiger partial charge on any atom is -0.387 e. The van der Waals surface area contributed by atoms with Crippen molar-refractivity contribution in [2.45, 2.75) is 32.4 Å². The van der Waals surface area contributed by atoms with Crippen molar-refractivity contribution in [3.05, 3.63) is 35.4 Å². The Morgan fingerprint density at radius 1 is 1.19 bits per heavy atom. The van der Waals surface area contributed by atoms with Gasteiger partial charge in [-0.25, -0.2) is 8.78 Å². The average Bonchev–Trinajstić information content (AvgIpc) is 2.28. The van der Waals surface area contributed by atoms with Crippen molar-refractivity contribution in [2.24, 2.45) is 0 Å². The fourth-order valence-corrected chi connectivity index (χ4v) is 1.56. The van der Waals surface area contributed by atoms with E-state index in [0.717, 1.165) is 6.54 Å². The van der Waals surface area contributed by atoms with Crippen LogP contribution in [-0.4, -0.2) is 17.7 Å². The molecule has 2 unspecified atom stereocenters. The van der Waals surface area contributed by atoms with Crippen LogP contribution in [0.3, 0.4) is 0 Å². The lowest BCUT2D eigenvalue weighted by Gasteiger charge is -2.20. The summed E-state index contributed by atoms with van der Waals surface area (Å²) in [6.07, 6.45) is -3.14. The zero-order valence-corrected chi connectivity index (χ0v) is 9.45. The van der Waals surface area contributed by atoms with E-state index in [1.165, 1.54) is 12.1 Å². The summed E-state index contributed by atoms with van der Waals surface area (Å²) in [5, 5.41) is 13.0. The monoisotopic (exact) mass is 229 g/mol. The second-order valence-electron chi connectivity index (χ2n) is 3.76. The molecule has 0 amide bonds. The summed E-state index contributed by atoms with van der Waals surface area (Å²) in [4.78, 5) is 0. The molecule has 1 aromatic rings. The number of nitrogens with one attached hydrogen (secondary N) is 1. The zero-order valence-electron chi connectivity index (χ0n) is 9.45. The molecule has 0 aliphatic heterocycles. The Balaban J connectivity index is 2.73. The Morgan fingerprint density at radius 2 is 1.69 bits per heavy atom. The molecule has 0 spiro atoms. The van der Waals surface area contributed by atoms with Crippen molar-refractivity contribution in [1.29, 1.82) is 0 Å². The first-order chi connectivity index (χ1) is 7.56. The summed E-state index contributed by atoms with van der Waals surface area (Å²) in [5.74, 6) is 0. The smallest absolute Gasteiger partial charge is 0.263 e. The van der Waals surface area contributed by atoms with E-state index in [2.05, 4.69) is 5.32 Å². The van der Waals surface area contributed by atoms with Crippen LogP contribution in [0, 0.1) is 0 Å². The largest absolute Gasteiger partial charge is 0.387 e. The fraction of sp³-hybridized carbons (Fsp3) is 0.500. The fourth-order valence-electron chi connectivity index (χ4n) is 1.56. The number of rotatable bonds is 5. The molecule has 4 heteroatoms. The minimum atomic E-state index is -2.46. The molecule has 0 bridgehead atoms. The van der Waals surface area contributed by atoms with Gasteiger partial charge in [-0.15, -0.1) is 0 Å². The van der Waals surface area contributed by atoms with Crippen LogP contribution in [0.25, 0.3) is 0 Å². The summed E-state index contributed by atoms with van der Waals surface area (Å²) >= 11 is 0. The zero-order chi connectivity index (χ0) is 12.1. The number of hydrogen-bond donors (Lipinski definition) is 2. The van der Waals surface area contributed by atoms with Crippen LogP contribution in [0.2, 0.25) is 0 Å². The summed E-state index contributed by atoms with van der Waals surface area (Å²) in [6, 6.07) is 5.69. The highest BCUT2D eigenvalue weighted by Gasteiger charge is 2.15. The Bertz CT molecular complexity index is 313. The number of alkyl halides is 2. The lowest BCUT2D eigenvalue weighted by atomic mass is 10.0. The molecule has 0 aliphatic carbocycles. The van der Waals surface area contributed by atoms with E-state index in [4.69, 9.17) is 0 Å². The number of benzene rings is 1. The highest BCUT2D eigenvalue weighted by Crippen LogP contribution is 2.22. The molecule has 2 nitrogen and oxygen atoms in total. The van der Waals surface area contributed by atoms with Gasteiger partial charge in [-0.1, -0.05) is 31.2 Å². The van der Waals surface area contributed by atoms with Gasteiger partial charge in [0.05, 0.1) is 6.10 Å². The van der Waals surface area contributed by atoms with E-state index in [9.17, 15) is 13.9 Å². The molecule has 2 atom stereocenters. The predicted octanol–water partition coefficient (Wildman–Crippen LogP) is 2.66. The van der Waals surface area contributed by atoms with Gasteiger partial charge in [-0.05, 0) is 19.0 Å². The number of aliphatic hydroxyl groups excluding tert-OH is 1. The molecular formula is C12H17F2NO. The van der Waals surface area contributed by atoms with Crippen molar-refractivity contribution in [1.82, 2.24) is 5.32 Å². The molecule has 16 heavy (non-hydrogen) atoms. The molecule has 1 rings (SSSR count).